The largest absolute Gasteiger partial charge is 0.396 e. The highest BCUT2D eigenvalue weighted by atomic mass is 16.3. The van der Waals surface area contributed by atoms with Gasteiger partial charge in [0.2, 0.25) is 0 Å². The molecule has 1 rings (SSSR count). The molecule has 0 spiro atoms. The van der Waals surface area contributed by atoms with Gasteiger partial charge in [0.05, 0.1) is 0 Å². The first-order valence-electron chi connectivity index (χ1n) is 6.31. The van der Waals surface area contributed by atoms with Crippen molar-refractivity contribution in [3.05, 3.63) is 35.4 Å². The van der Waals surface area contributed by atoms with E-state index < -0.39 is 0 Å². The molecule has 0 saturated carbocycles. The third-order valence-electron chi connectivity index (χ3n) is 2.88. The van der Waals surface area contributed by atoms with Crippen LogP contribution in [0.25, 0.3) is 0 Å². The maximum atomic E-state index is 12.3. The van der Waals surface area contributed by atoms with E-state index in [1.165, 1.54) is 0 Å². The summed E-state index contributed by atoms with van der Waals surface area (Å²) in [5.41, 5.74) is 7.20. The third kappa shape index (κ3) is 3.82. The van der Waals surface area contributed by atoms with Crippen molar-refractivity contribution in [2.24, 2.45) is 5.73 Å². The Kier molecular flexibility index (Phi) is 5.82. The number of rotatable bonds is 6. The Labute approximate surface area is 108 Å². The first-order chi connectivity index (χ1) is 8.60. The van der Waals surface area contributed by atoms with Crippen LogP contribution in [0, 0.1) is 0 Å². The van der Waals surface area contributed by atoms with E-state index in [-0.39, 0.29) is 18.6 Å². The van der Waals surface area contributed by atoms with Crippen LogP contribution in [0.2, 0.25) is 0 Å². The second-order valence-electron chi connectivity index (χ2n) is 4.57. The molecular formula is C14H22N2O2. The minimum atomic E-state index is 0.00187. The molecule has 4 nitrogen and oxygen atoms in total. The number of hydrogen-bond donors (Lipinski definition) is 2. The zero-order valence-corrected chi connectivity index (χ0v) is 11.1. The number of carbonyl (C=O) groups is 1. The summed E-state index contributed by atoms with van der Waals surface area (Å²) in [5.74, 6) is 0.00187. The summed E-state index contributed by atoms with van der Waals surface area (Å²) in [6, 6.07) is 7.48. The highest BCUT2D eigenvalue weighted by molar-refractivity contribution is 5.94. The predicted octanol–water partition coefficient (Wildman–Crippen LogP) is 1.38. The fourth-order valence-electron chi connectivity index (χ4n) is 1.78. The van der Waals surface area contributed by atoms with Crippen molar-refractivity contribution in [3.63, 3.8) is 0 Å². The normalized spacial score (nSPS) is 10.7. The van der Waals surface area contributed by atoms with Crippen LogP contribution in [0.15, 0.2) is 24.3 Å². The lowest BCUT2D eigenvalue weighted by atomic mass is 10.1. The van der Waals surface area contributed by atoms with Crippen molar-refractivity contribution < 1.29 is 9.90 Å². The van der Waals surface area contributed by atoms with E-state index in [2.05, 4.69) is 0 Å². The summed E-state index contributed by atoms with van der Waals surface area (Å²) in [6.07, 6.45) is 0.602. The molecule has 0 aliphatic rings. The standard InChI is InChI=1S/C14H22N2O2/c1-11(2)16(8-3-9-17)14(18)13-6-4-12(10-15)5-7-13/h4-7,11,17H,3,8-10,15H2,1-2H3. The van der Waals surface area contributed by atoms with Crippen molar-refractivity contribution in [2.45, 2.75) is 32.9 Å². The van der Waals surface area contributed by atoms with Crippen LogP contribution in [0.4, 0.5) is 0 Å². The van der Waals surface area contributed by atoms with Gasteiger partial charge in [0.15, 0.2) is 0 Å². The van der Waals surface area contributed by atoms with Crippen molar-refractivity contribution in [1.82, 2.24) is 4.90 Å². The monoisotopic (exact) mass is 250 g/mol. The zero-order chi connectivity index (χ0) is 13.5. The Morgan fingerprint density at radius 1 is 1.33 bits per heavy atom. The smallest absolute Gasteiger partial charge is 0.254 e. The fraction of sp³-hybridized carbons (Fsp3) is 0.500. The number of benzene rings is 1. The SMILES string of the molecule is CC(C)N(CCCO)C(=O)c1ccc(CN)cc1. The van der Waals surface area contributed by atoms with Gasteiger partial charge in [-0.2, -0.15) is 0 Å². The van der Waals surface area contributed by atoms with E-state index >= 15 is 0 Å². The van der Waals surface area contributed by atoms with Crippen molar-refractivity contribution in [1.29, 1.82) is 0 Å². The van der Waals surface area contributed by atoms with Gasteiger partial charge in [-0.3, -0.25) is 4.79 Å². The van der Waals surface area contributed by atoms with Crippen LogP contribution < -0.4 is 5.73 Å². The molecular weight excluding hydrogens is 228 g/mol. The second kappa shape index (κ2) is 7.13. The van der Waals surface area contributed by atoms with Crippen LogP contribution in [-0.2, 0) is 6.54 Å². The first-order valence-corrected chi connectivity index (χ1v) is 6.31. The topological polar surface area (TPSA) is 66.6 Å². The van der Waals surface area contributed by atoms with Gasteiger partial charge >= 0.3 is 0 Å². The van der Waals surface area contributed by atoms with Crippen LogP contribution in [0.1, 0.15) is 36.2 Å². The van der Waals surface area contributed by atoms with Gasteiger partial charge in [-0.25, -0.2) is 0 Å². The lowest BCUT2D eigenvalue weighted by Crippen LogP contribution is -2.38. The van der Waals surface area contributed by atoms with Crippen LogP contribution in [0.5, 0.6) is 0 Å². The summed E-state index contributed by atoms with van der Waals surface area (Å²) < 4.78 is 0. The molecule has 4 heteroatoms. The summed E-state index contributed by atoms with van der Waals surface area (Å²) in [7, 11) is 0. The molecule has 18 heavy (non-hydrogen) atoms. The molecule has 0 bridgehead atoms. The number of nitrogens with zero attached hydrogens (tertiary/aromatic N) is 1. The molecule has 1 aromatic carbocycles. The number of carbonyl (C=O) groups excluding carboxylic acids is 1. The maximum Gasteiger partial charge on any atom is 0.254 e. The van der Waals surface area contributed by atoms with Gasteiger partial charge < -0.3 is 15.7 Å². The molecule has 1 aromatic rings. The van der Waals surface area contributed by atoms with Gasteiger partial charge in [-0.05, 0) is 38.0 Å². The summed E-state index contributed by atoms with van der Waals surface area (Å²) in [6.45, 7) is 5.11. The van der Waals surface area contributed by atoms with Gasteiger partial charge in [0.1, 0.15) is 0 Å². The van der Waals surface area contributed by atoms with E-state index in [9.17, 15) is 4.79 Å². The van der Waals surface area contributed by atoms with Crippen LogP contribution in [-0.4, -0.2) is 35.1 Å². The lowest BCUT2D eigenvalue weighted by molar-refractivity contribution is 0.0693. The van der Waals surface area contributed by atoms with Crippen molar-refractivity contribution in [3.8, 4) is 0 Å². The molecule has 0 aliphatic heterocycles. The number of nitrogens with two attached hydrogens (primary N) is 1. The molecule has 0 fully saturated rings. The minimum absolute atomic E-state index is 0.00187. The van der Waals surface area contributed by atoms with E-state index in [4.69, 9.17) is 10.8 Å². The lowest BCUT2D eigenvalue weighted by Gasteiger charge is -2.26. The molecule has 0 saturated heterocycles. The first kappa shape index (κ1) is 14.7. The number of aliphatic hydroxyl groups excluding tert-OH is 1. The molecule has 0 aromatic heterocycles. The van der Waals surface area contributed by atoms with Gasteiger partial charge in [-0.1, -0.05) is 12.1 Å². The third-order valence-corrected chi connectivity index (χ3v) is 2.88. The molecule has 0 heterocycles. The molecule has 0 radical (unpaired) electrons. The number of aliphatic hydroxyl groups is 1. The van der Waals surface area contributed by atoms with Crippen molar-refractivity contribution >= 4 is 5.91 Å². The summed E-state index contributed by atoms with van der Waals surface area (Å²) in [4.78, 5) is 14.1. The molecule has 0 unspecified atom stereocenters. The molecule has 0 atom stereocenters. The highest BCUT2D eigenvalue weighted by Gasteiger charge is 2.17. The minimum Gasteiger partial charge on any atom is -0.396 e. The average Bonchev–Trinajstić information content (AvgIpc) is 2.38. The van der Waals surface area contributed by atoms with Crippen molar-refractivity contribution in [2.75, 3.05) is 13.2 Å². The molecule has 100 valence electrons. The molecule has 3 N–H and O–H groups in total. The highest BCUT2D eigenvalue weighted by Crippen LogP contribution is 2.10. The summed E-state index contributed by atoms with van der Waals surface area (Å²) in [5, 5.41) is 8.87. The average molecular weight is 250 g/mol. The van der Waals surface area contributed by atoms with Crippen LogP contribution >= 0.6 is 0 Å². The van der Waals surface area contributed by atoms with E-state index in [1.807, 2.05) is 26.0 Å². The number of hydrogen-bond acceptors (Lipinski definition) is 3. The number of amides is 1. The van der Waals surface area contributed by atoms with Crippen LogP contribution in [0.3, 0.4) is 0 Å². The second-order valence-corrected chi connectivity index (χ2v) is 4.57. The van der Waals surface area contributed by atoms with Gasteiger partial charge in [0, 0.05) is 31.3 Å². The van der Waals surface area contributed by atoms with Gasteiger partial charge in [-0.15, -0.1) is 0 Å². The van der Waals surface area contributed by atoms with E-state index in [0.717, 1.165) is 5.56 Å². The van der Waals surface area contributed by atoms with E-state index in [0.29, 0.717) is 25.1 Å². The zero-order valence-electron chi connectivity index (χ0n) is 11.1. The Bertz CT molecular complexity index is 374. The Hall–Kier alpha value is -1.39. The van der Waals surface area contributed by atoms with Gasteiger partial charge in [0.25, 0.3) is 5.91 Å². The quantitative estimate of drug-likeness (QED) is 0.801. The maximum absolute atomic E-state index is 12.3. The Morgan fingerprint density at radius 2 is 1.94 bits per heavy atom. The molecule has 0 aliphatic carbocycles. The molecule has 1 amide bonds. The summed E-state index contributed by atoms with van der Waals surface area (Å²) >= 11 is 0. The Morgan fingerprint density at radius 3 is 2.39 bits per heavy atom. The van der Waals surface area contributed by atoms with E-state index in [1.54, 1.807) is 17.0 Å². The Balaban J connectivity index is 2.80. The fourth-order valence-corrected chi connectivity index (χ4v) is 1.78. The predicted molar refractivity (Wildman–Crippen MR) is 72.2 cm³/mol.